The van der Waals surface area contributed by atoms with Gasteiger partial charge in [-0.25, -0.2) is 0 Å². The number of hydrogen-bond donors (Lipinski definition) is 1. The standard InChI is InChI=1S/C16H23N3/c1-16(2,3)13-4-6-15(7-5-13)19-11-10-18-14(12-19)8-9-17/h4-7,14,18H,8,10-12H2,1-3H3. The van der Waals surface area contributed by atoms with Crippen LogP contribution in [0.2, 0.25) is 0 Å². The van der Waals surface area contributed by atoms with Crippen molar-refractivity contribution in [3.8, 4) is 6.07 Å². The van der Waals surface area contributed by atoms with E-state index in [4.69, 9.17) is 5.26 Å². The molecule has 1 N–H and O–H groups in total. The van der Waals surface area contributed by atoms with E-state index in [1.165, 1.54) is 11.3 Å². The van der Waals surface area contributed by atoms with Crippen molar-refractivity contribution in [2.24, 2.45) is 0 Å². The number of hydrogen-bond acceptors (Lipinski definition) is 3. The van der Waals surface area contributed by atoms with Crippen LogP contribution < -0.4 is 10.2 Å². The predicted molar refractivity (Wildman–Crippen MR) is 79.4 cm³/mol. The van der Waals surface area contributed by atoms with Gasteiger partial charge in [0.2, 0.25) is 0 Å². The Hall–Kier alpha value is -1.53. The Balaban J connectivity index is 2.08. The highest BCUT2D eigenvalue weighted by Crippen LogP contribution is 2.25. The van der Waals surface area contributed by atoms with Crippen LogP contribution in [0.3, 0.4) is 0 Å². The Kier molecular flexibility index (Phi) is 4.11. The number of anilines is 1. The highest BCUT2D eigenvalue weighted by atomic mass is 15.2. The first-order valence-electron chi connectivity index (χ1n) is 6.96. The fourth-order valence-corrected chi connectivity index (χ4v) is 2.48. The van der Waals surface area contributed by atoms with Gasteiger partial charge in [0.05, 0.1) is 12.5 Å². The second-order valence-electron chi connectivity index (χ2n) is 6.26. The van der Waals surface area contributed by atoms with Gasteiger partial charge in [-0.3, -0.25) is 0 Å². The summed E-state index contributed by atoms with van der Waals surface area (Å²) < 4.78 is 0. The first-order valence-corrected chi connectivity index (χ1v) is 6.96. The van der Waals surface area contributed by atoms with Gasteiger partial charge >= 0.3 is 0 Å². The molecular weight excluding hydrogens is 234 g/mol. The highest BCUT2D eigenvalue weighted by Gasteiger charge is 2.20. The Bertz CT molecular complexity index is 450. The van der Waals surface area contributed by atoms with Crippen LogP contribution >= 0.6 is 0 Å². The zero-order chi connectivity index (χ0) is 13.9. The van der Waals surface area contributed by atoms with Crippen LogP contribution in [0.25, 0.3) is 0 Å². The predicted octanol–water partition coefficient (Wildman–Crippen LogP) is 2.68. The van der Waals surface area contributed by atoms with Gasteiger partial charge in [0.15, 0.2) is 0 Å². The van der Waals surface area contributed by atoms with Crippen LogP contribution in [0.1, 0.15) is 32.8 Å². The molecule has 1 aliphatic heterocycles. The molecule has 19 heavy (non-hydrogen) atoms. The van der Waals surface area contributed by atoms with Gasteiger partial charge in [-0.2, -0.15) is 5.26 Å². The number of benzene rings is 1. The molecule has 1 fully saturated rings. The minimum atomic E-state index is 0.200. The molecule has 102 valence electrons. The van der Waals surface area contributed by atoms with E-state index in [9.17, 15) is 0 Å². The van der Waals surface area contributed by atoms with Gasteiger partial charge in [0, 0.05) is 31.4 Å². The van der Waals surface area contributed by atoms with E-state index in [-0.39, 0.29) is 5.41 Å². The zero-order valence-corrected chi connectivity index (χ0v) is 12.1. The largest absolute Gasteiger partial charge is 0.369 e. The number of nitriles is 1. The van der Waals surface area contributed by atoms with Crippen LogP contribution in [-0.4, -0.2) is 25.7 Å². The molecule has 0 bridgehead atoms. The maximum Gasteiger partial charge on any atom is 0.0638 e. The van der Waals surface area contributed by atoms with E-state index in [0.29, 0.717) is 12.5 Å². The van der Waals surface area contributed by atoms with Gasteiger partial charge in [-0.05, 0) is 23.1 Å². The molecule has 0 saturated carbocycles. The SMILES string of the molecule is CC(C)(C)c1ccc(N2CCNC(CC#N)C2)cc1. The lowest BCUT2D eigenvalue weighted by Crippen LogP contribution is -2.50. The molecule has 2 rings (SSSR count). The maximum absolute atomic E-state index is 8.79. The minimum Gasteiger partial charge on any atom is -0.369 e. The van der Waals surface area contributed by atoms with Crippen molar-refractivity contribution in [3.05, 3.63) is 29.8 Å². The quantitative estimate of drug-likeness (QED) is 0.885. The van der Waals surface area contributed by atoms with Gasteiger partial charge in [-0.1, -0.05) is 32.9 Å². The Morgan fingerprint density at radius 1 is 1.32 bits per heavy atom. The maximum atomic E-state index is 8.79. The Morgan fingerprint density at radius 3 is 2.58 bits per heavy atom. The fraction of sp³-hybridized carbons (Fsp3) is 0.562. The zero-order valence-electron chi connectivity index (χ0n) is 12.1. The van der Waals surface area contributed by atoms with Crippen molar-refractivity contribution in [1.82, 2.24) is 5.32 Å². The third-order valence-electron chi connectivity index (χ3n) is 3.69. The third kappa shape index (κ3) is 3.48. The van der Waals surface area contributed by atoms with Crippen molar-refractivity contribution in [2.45, 2.75) is 38.6 Å². The summed E-state index contributed by atoms with van der Waals surface area (Å²) in [6, 6.07) is 11.4. The van der Waals surface area contributed by atoms with E-state index >= 15 is 0 Å². The second kappa shape index (κ2) is 5.63. The number of nitrogens with zero attached hydrogens (tertiary/aromatic N) is 2. The molecule has 3 nitrogen and oxygen atoms in total. The molecule has 0 aromatic heterocycles. The summed E-state index contributed by atoms with van der Waals surface area (Å²) in [5.74, 6) is 0. The third-order valence-corrected chi connectivity index (χ3v) is 3.69. The molecule has 1 unspecified atom stereocenters. The van der Waals surface area contributed by atoms with Gasteiger partial charge in [-0.15, -0.1) is 0 Å². The monoisotopic (exact) mass is 257 g/mol. The molecule has 0 aliphatic carbocycles. The topological polar surface area (TPSA) is 39.1 Å². The number of nitrogens with one attached hydrogen (secondary N) is 1. The second-order valence-corrected chi connectivity index (χ2v) is 6.26. The van der Waals surface area contributed by atoms with Crippen molar-refractivity contribution in [2.75, 3.05) is 24.5 Å². The summed E-state index contributed by atoms with van der Waals surface area (Å²) in [6.07, 6.45) is 0.580. The lowest BCUT2D eigenvalue weighted by Gasteiger charge is -2.34. The summed E-state index contributed by atoms with van der Waals surface area (Å²) in [4.78, 5) is 2.37. The molecule has 1 aliphatic rings. The van der Waals surface area contributed by atoms with Gasteiger partial charge in [0.25, 0.3) is 0 Å². The average molecular weight is 257 g/mol. The van der Waals surface area contributed by atoms with E-state index in [1.807, 2.05) is 0 Å². The van der Waals surface area contributed by atoms with Crippen LogP contribution in [-0.2, 0) is 5.41 Å². The molecule has 0 amide bonds. The van der Waals surface area contributed by atoms with Gasteiger partial charge in [0.1, 0.15) is 0 Å². The fourth-order valence-electron chi connectivity index (χ4n) is 2.48. The van der Waals surface area contributed by atoms with E-state index in [2.05, 4.69) is 61.3 Å². The molecular formula is C16H23N3. The molecule has 1 aromatic carbocycles. The van der Waals surface area contributed by atoms with Crippen molar-refractivity contribution >= 4 is 5.69 Å². The van der Waals surface area contributed by atoms with Crippen molar-refractivity contribution < 1.29 is 0 Å². The molecule has 0 radical (unpaired) electrons. The molecule has 1 atom stereocenters. The molecule has 1 aromatic rings. The van der Waals surface area contributed by atoms with Gasteiger partial charge < -0.3 is 10.2 Å². The summed E-state index contributed by atoms with van der Waals surface area (Å²) in [5.41, 5.74) is 2.82. The van der Waals surface area contributed by atoms with E-state index in [1.54, 1.807) is 0 Å². The first-order chi connectivity index (χ1) is 9.00. The lowest BCUT2D eigenvalue weighted by atomic mass is 9.87. The molecule has 1 heterocycles. The van der Waals surface area contributed by atoms with Crippen LogP contribution in [0, 0.1) is 11.3 Å². The lowest BCUT2D eigenvalue weighted by molar-refractivity contribution is 0.462. The summed E-state index contributed by atoms with van der Waals surface area (Å²) in [5, 5.41) is 12.2. The average Bonchev–Trinajstić information content (AvgIpc) is 2.39. The summed E-state index contributed by atoms with van der Waals surface area (Å²) >= 11 is 0. The summed E-state index contributed by atoms with van der Waals surface area (Å²) in [7, 11) is 0. The van der Waals surface area contributed by atoms with E-state index < -0.39 is 0 Å². The smallest absolute Gasteiger partial charge is 0.0638 e. The van der Waals surface area contributed by atoms with E-state index in [0.717, 1.165) is 19.6 Å². The molecule has 1 saturated heterocycles. The van der Waals surface area contributed by atoms with Crippen LogP contribution in [0.15, 0.2) is 24.3 Å². The molecule has 0 spiro atoms. The number of rotatable bonds is 2. The van der Waals surface area contributed by atoms with Crippen molar-refractivity contribution in [3.63, 3.8) is 0 Å². The van der Waals surface area contributed by atoms with Crippen LogP contribution in [0.4, 0.5) is 5.69 Å². The Labute approximate surface area is 116 Å². The number of piperazine rings is 1. The highest BCUT2D eigenvalue weighted by molar-refractivity contribution is 5.49. The van der Waals surface area contributed by atoms with Crippen molar-refractivity contribution in [1.29, 1.82) is 5.26 Å². The van der Waals surface area contributed by atoms with Crippen LogP contribution in [0.5, 0.6) is 0 Å². The first kappa shape index (κ1) is 13.9. The molecule has 3 heteroatoms. The minimum absolute atomic E-state index is 0.200. The normalized spacial score (nSPS) is 20.1. The Morgan fingerprint density at radius 2 is 2.00 bits per heavy atom. The summed E-state index contributed by atoms with van der Waals surface area (Å²) in [6.45, 7) is 9.58.